The summed E-state index contributed by atoms with van der Waals surface area (Å²) in [6, 6.07) is 0. The Kier molecular flexibility index (Phi) is 1.78. The molecule has 2 aliphatic rings. The van der Waals surface area contributed by atoms with Gasteiger partial charge in [-0.25, -0.2) is 4.79 Å². The molecular weight excluding hydrogens is 170 g/mol. The predicted molar refractivity (Wildman–Crippen MR) is 45.0 cm³/mol. The lowest BCUT2D eigenvalue weighted by molar-refractivity contribution is -0.131. The minimum atomic E-state index is -0.808. The molecular formula is C9H13NO3. The third-order valence-corrected chi connectivity index (χ3v) is 3.07. The van der Waals surface area contributed by atoms with Gasteiger partial charge in [0.25, 0.3) is 5.91 Å². The van der Waals surface area contributed by atoms with Crippen LogP contribution in [0.3, 0.4) is 0 Å². The van der Waals surface area contributed by atoms with Gasteiger partial charge in [-0.2, -0.15) is 0 Å². The largest absolute Gasteiger partial charge is 0.432 e. The number of alkyl carbamates (subject to hydrolysis) is 1. The van der Waals surface area contributed by atoms with Gasteiger partial charge < -0.3 is 4.74 Å². The average Bonchev–Trinajstić information content (AvgIpc) is 2.59. The standard InChI is InChI=1S/C9H13NO3/c1-2-6-3-4-9(5-6)7(11)10-8(12)13-9/h6H,2-5H2,1H3,(H,10,11,12). The summed E-state index contributed by atoms with van der Waals surface area (Å²) in [5.41, 5.74) is -0.808. The predicted octanol–water partition coefficient (Wildman–Crippen LogP) is 1.20. The second kappa shape index (κ2) is 2.72. The number of hydrogen-bond acceptors (Lipinski definition) is 3. The van der Waals surface area contributed by atoms with Gasteiger partial charge in [0, 0.05) is 0 Å². The molecule has 72 valence electrons. The van der Waals surface area contributed by atoms with E-state index in [2.05, 4.69) is 12.2 Å². The number of rotatable bonds is 1. The maximum Gasteiger partial charge on any atom is 0.415 e. The Labute approximate surface area is 76.6 Å². The van der Waals surface area contributed by atoms with Gasteiger partial charge in [-0.15, -0.1) is 0 Å². The van der Waals surface area contributed by atoms with E-state index < -0.39 is 11.7 Å². The van der Waals surface area contributed by atoms with Crippen LogP contribution >= 0.6 is 0 Å². The Hall–Kier alpha value is -1.06. The molecule has 2 rings (SSSR count). The van der Waals surface area contributed by atoms with Crippen molar-refractivity contribution in [1.29, 1.82) is 0 Å². The van der Waals surface area contributed by atoms with E-state index in [1.807, 2.05) is 0 Å². The molecule has 0 aromatic carbocycles. The zero-order valence-corrected chi connectivity index (χ0v) is 7.63. The van der Waals surface area contributed by atoms with Crippen molar-refractivity contribution in [2.75, 3.05) is 0 Å². The molecule has 1 aliphatic carbocycles. The van der Waals surface area contributed by atoms with Crippen molar-refractivity contribution in [1.82, 2.24) is 5.32 Å². The van der Waals surface area contributed by atoms with Crippen molar-refractivity contribution in [3.05, 3.63) is 0 Å². The molecule has 4 nitrogen and oxygen atoms in total. The lowest BCUT2D eigenvalue weighted by Gasteiger charge is -2.17. The molecule has 1 saturated heterocycles. The minimum absolute atomic E-state index is 0.242. The first-order valence-corrected chi connectivity index (χ1v) is 4.71. The molecule has 1 spiro atoms. The van der Waals surface area contributed by atoms with E-state index in [0.29, 0.717) is 18.8 Å². The fraction of sp³-hybridized carbons (Fsp3) is 0.778. The summed E-state index contributed by atoms with van der Waals surface area (Å²) in [6.07, 6.45) is 2.83. The molecule has 2 atom stereocenters. The molecule has 13 heavy (non-hydrogen) atoms. The van der Waals surface area contributed by atoms with Crippen LogP contribution in [0, 0.1) is 5.92 Å². The summed E-state index contributed by atoms with van der Waals surface area (Å²) in [5.74, 6) is 0.282. The first-order chi connectivity index (χ1) is 6.16. The van der Waals surface area contributed by atoms with Crippen molar-refractivity contribution in [3.63, 3.8) is 0 Å². The van der Waals surface area contributed by atoms with Gasteiger partial charge >= 0.3 is 6.09 Å². The van der Waals surface area contributed by atoms with E-state index in [1.165, 1.54) is 0 Å². The molecule has 0 bridgehead atoms. The van der Waals surface area contributed by atoms with E-state index in [4.69, 9.17) is 4.74 Å². The Morgan fingerprint density at radius 2 is 2.38 bits per heavy atom. The maximum atomic E-state index is 11.4. The van der Waals surface area contributed by atoms with Crippen molar-refractivity contribution in [3.8, 4) is 0 Å². The summed E-state index contributed by atoms with van der Waals surface area (Å²) in [5, 5.41) is 2.19. The van der Waals surface area contributed by atoms with Gasteiger partial charge in [0.15, 0.2) is 5.60 Å². The molecule has 2 amide bonds. The highest BCUT2D eigenvalue weighted by Crippen LogP contribution is 2.41. The van der Waals surface area contributed by atoms with Crippen LogP contribution in [0.2, 0.25) is 0 Å². The van der Waals surface area contributed by atoms with E-state index in [1.54, 1.807) is 0 Å². The van der Waals surface area contributed by atoms with Crippen molar-refractivity contribution < 1.29 is 14.3 Å². The Morgan fingerprint density at radius 1 is 1.62 bits per heavy atom. The van der Waals surface area contributed by atoms with Crippen molar-refractivity contribution >= 4 is 12.0 Å². The van der Waals surface area contributed by atoms with Crippen LogP contribution in [0.5, 0.6) is 0 Å². The normalized spacial score (nSPS) is 38.1. The molecule has 1 aliphatic heterocycles. The van der Waals surface area contributed by atoms with E-state index in [-0.39, 0.29) is 5.91 Å². The monoisotopic (exact) mass is 183 g/mol. The number of ether oxygens (including phenoxy) is 1. The van der Waals surface area contributed by atoms with E-state index in [0.717, 1.165) is 12.8 Å². The highest BCUT2D eigenvalue weighted by Gasteiger charge is 2.53. The van der Waals surface area contributed by atoms with Crippen molar-refractivity contribution in [2.24, 2.45) is 5.92 Å². The summed E-state index contributed by atoms with van der Waals surface area (Å²) in [4.78, 5) is 22.3. The van der Waals surface area contributed by atoms with Gasteiger partial charge in [-0.1, -0.05) is 13.3 Å². The lowest BCUT2D eigenvalue weighted by atomic mass is 9.98. The van der Waals surface area contributed by atoms with Gasteiger partial charge in [0.1, 0.15) is 0 Å². The minimum Gasteiger partial charge on any atom is -0.432 e. The molecule has 1 N–H and O–H groups in total. The van der Waals surface area contributed by atoms with Crippen LogP contribution < -0.4 is 5.32 Å². The average molecular weight is 183 g/mol. The number of amides is 2. The van der Waals surface area contributed by atoms with E-state index in [9.17, 15) is 9.59 Å². The Balaban J connectivity index is 2.14. The molecule has 1 saturated carbocycles. The van der Waals surface area contributed by atoms with Crippen LogP contribution in [0.15, 0.2) is 0 Å². The molecule has 0 aromatic heterocycles. The zero-order valence-electron chi connectivity index (χ0n) is 7.63. The van der Waals surface area contributed by atoms with Crippen LogP contribution in [0.1, 0.15) is 32.6 Å². The van der Waals surface area contributed by atoms with Crippen LogP contribution in [-0.4, -0.2) is 17.6 Å². The first-order valence-electron chi connectivity index (χ1n) is 4.71. The summed E-state index contributed by atoms with van der Waals surface area (Å²) >= 11 is 0. The first kappa shape index (κ1) is 8.53. The lowest BCUT2D eigenvalue weighted by Crippen LogP contribution is -2.36. The van der Waals surface area contributed by atoms with Crippen molar-refractivity contribution in [2.45, 2.75) is 38.2 Å². The zero-order chi connectivity index (χ0) is 9.47. The number of carbonyl (C=O) groups is 2. The topological polar surface area (TPSA) is 55.4 Å². The fourth-order valence-corrected chi connectivity index (χ4v) is 2.21. The van der Waals surface area contributed by atoms with E-state index >= 15 is 0 Å². The molecule has 0 radical (unpaired) electrons. The number of hydrogen-bond donors (Lipinski definition) is 1. The van der Waals surface area contributed by atoms with Gasteiger partial charge in [0.2, 0.25) is 0 Å². The van der Waals surface area contributed by atoms with Gasteiger partial charge in [0.05, 0.1) is 0 Å². The molecule has 4 heteroatoms. The van der Waals surface area contributed by atoms with Crippen LogP contribution in [-0.2, 0) is 9.53 Å². The highest BCUT2D eigenvalue weighted by molar-refractivity contribution is 6.03. The van der Waals surface area contributed by atoms with Crippen LogP contribution in [0.4, 0.5) is 4.79 Å². The number of carbonyl (C=O) groups excluding carboxylic acids is 2. The third-order valence-electron chi connectivity index (χ3n) is 3.07. The second-order valence-electron chi connectivity index (χ2n) is 3.86. The SMILES string of the molecule is CCC1CCC2(C1)OC(=O)NC2=O. The Bertz CT molecular complexity index is 264. The van der Waals surface area contributed by atoms with Gasteiger partial charge in [-0.3, -0.25) is 10.1 Å². The highest BCUT2D eigenvalue weighted by atomic mass is 16.6. The smallest absolute Gasteiger partial charge is 0.415 e. The summed E-state index contributed by atoms with van der Waals surface area (Å²) < 4.78 is 5.05. The fourth-order valence-electron chi connectivity index (χ4n) is 2.21. The molecule has 0 aromatic rings. The molecule has 2 unspecified atom stereocenters. The van der Waals surface area contributed by atoms with Gasteiger partial charge in [-0.05, 0) is 25.2 Å². The molecule has 2 fully saturated rings. The summed E-state index contributed by atoms with van der Waals surface area (Å²) in [7, 11) is 0. The Morgan fingerprint density at radius 3 is 2.85 bits per heavy atom. The number of nitrogens with one attached hydrogen (secondary N) is 1. The maximum absolute atomic E-state index is 11.4. The van der Waals surface area contributed by atoms with Crippen LogP contribution in [0.25, 0.3) is 0 Å². The third kappa shape index (κ3) is 1.20. The molecule has 1 heterocycles. The second-order valence-corrected chi connectivity index (χ2v) is 3.86. The summed E-state index contributed by atoms with van der Waals surface area (Å²) in [6.45, 7) is 2.10. The quantitative estimate of drug-likeness (QED) is 0.664. The number of imide groups is 1.